The van der Waals surface area contributed by atoms with Crippen molar-refractivity contribution in [3.05, 3.63) is 12.2 Å². The summed E-state index contributed by atoms with van der Waals surface area (Å²) in [5.41, 5.74) is 1.22. The highest BCUT2D eigenvalue weighted by Crippen LogP contribution is 1.95. The number of rotatable bonds is 9. The van der Waals surface area contributed by atoms with Crippen LogP contribution < -0.4 is 5.32 Å². The van der Waals surface area contributed by atoms with Crippen LogP contribution in [0.25, 0.3) is 0 Å². The van der Waals surface area contributed by atoms with Gasteiger partial charge in [-0.15, -0.1) is 0 Å². The zero-order valence-corrected chi connectivity index (χ0v) is 11.5. The van der Waals surface area contributed by atoms with Gasteiger partial charge in [0.1, 0.15) is 0 Å². The largest absolute Gasteiger partial charge is 0.377 e. The van der Waals surface area contributed by atoms with E-state index in [-0.39, 0.29) is 0 Å². The number of ether oxygens (including phenoxy) is 1. The molecule has 0 aromatic heterocycles. The quantitative estimate of drug-likeness (QED) is 0.610. The van der Waals surface area contributed by atoms with Crippen LogP contribution in [0.4, 0.5) is 0 Å². The van der Waals surface area contributed by atoms with Crippen molar-refractivity contribution >= 4 is 0 Å². The van der Waals surface area contributed by atoms with Gasteiger partial charge in [-0.05, 0) is 26.5 Å². The number of likely N-dealkylation sites (N-methyl/N-ethyl adjacent to an activating group) is 1. The van der Waals surface area contributed by atoms with Crippen molar-refractivity contribution in [1.29, 1.82) is 0 Å². The molecule has 0 heterocycles. The van der Waals surface area contributed by atoms with E-state index in [0.717, 1.165) is 26.2 Å². The van der Waals surface area contributed by atoms with Crippen LogP contribution in [-0.2, 0) is 4.74 Å². The molecule has 0 spiro atoms. The first-order valence-electron chi connectivity index (χ1n) is 6.12. The monoisotopic (exact) mass is 228 g/mol. The van der Waals surface area contributed by atoms with Crippen LogP contribution in [-0.4, -0.2) is 50.3 Å². The minimum atomic E-state index is 0.319. The molecule has 16 heavy (non-hydrogen) atoms. The lowest BCUT2D eigenvalue weighted by molar-refractivity contribution is 0.0652. The Bertz CT molecular complexity index is 190. The highest BCUT2D eigenvalue weighted by molar-refractivity contribution is 4.99. The Morgan fingerprint density at radius 2 is 1.94 bits per heavy atom. The van der Waals surface area contributed by atoms with Crippen molar-refractivity contribution in [1.82, 2.24) is 10.2 Å². The number of hydrogen-bond donors (Lipinski definition) is 1. The van der Waals surface area contributed by atoms with Crippen LogP contribution in [0.5, 0.6) is 0 Å². The molecule has 0 radical (unpaired) electrons. The van der Waals surface area contributed by atoms with E-state index in [1.54, 1.807) is 0 Å². The lowest BCUT2D eigenvalue weighted by Gasteiger charge is -2.19. The summed E-state index contributed by atoms with van der Waals surface area (Å²) in [6.07, 6.45) is 0.319. The maximum Gasteiger partial charge on any atom is 0.0596 e. The van der Waals surface area contributed by atoms with Crippen molar-refractivity contribution in [2.24, 2.45) is 0 Å². The zero-order chi connectivity index (χ0) is 12.6. The highest BCUT2D eigenvalue weighted by atomic mass is 16.5. The van der Waals surface area contributed by atoms with E-state index in [4.69, 9.17) is 4.74 Å². The van der Waals surface area contributed by atoms with E-state index < -0.39 is 0 Å². The van der Waals surface area contributed by atoms with Gasteiger partial charge in [0.2, 0.25) is 0 Å². The lowest BCUT2D eigenvalue weighted by Crippen LogP contribution is -2.31. The van der Waals surface area contributed by atoms with E-state index in [1.165, 1.54) is 5.57 Å². The molecule has 0 atom stereocenters. The molecular formula is C13H28N2O. The molecule has 0 aliphatic carbocycles. The minimum Gasteiger partial charge on any atom is -0.377 e. The first kappa shape index (κ1) is 15.6. The van der Waals surface area contributed by atoms with Gasteiger partial charge in [0.15, 0.2) is 0 Å². The summed E-state index contributed by atoms with van der Waals surface area (Å²) in [7, 11) is 2.10. The van der Waals surface area contributed by atoms with Crippen molar-refractivity contribution < 1.29 is 4.74 Å². The van der Waals surface area contributed by atoms with Gasteiger partial charge in [-0.3, -0.25) is 0 Å². The summed E-state index contributed by atoms with van der Waals surface area (Å²) in [4.78, 5) is 2.24. The number of hydrogen-bond acceptors (Lipinski definition) is 3. The Morgan fingerprint density at radius 1 is 1.31 bits per heavy atom. The van der Waals surface area contributed by atoms with Gasteiger partial charge >= 0.3 is 0 Å². The number of nitrogens with one attached hydrogen (secondary N) is 1. The molecule has 3 nitrogen and oxygen atoms in total. The van der Waals surface area contributed by atoms with Crippen LogP contribution >= 0.6 is 0 Å². The predicted octanol–water partition coefficient (Wildman–Crippen LogP) is 1.90. The Labute approximate surface area is 101 Å². The van der Waals surface area contributed by atoms with E-state index in [9.17, 15) is 0 Å². The summed E-state index contributed by atoms with van der Waals surface area (Å²) in [5, 5.41) is 3.37. The normalized spacial score (nSPS) is 11.8. The molecule has 0 fully saturated rings. The molecule has 3 heteroatoms. The van der Waals surface area contributed by atoms with Crippen LogP contribution in [0.1, 0.15) is 27.7 Å². The minimum absolute atomic E-state index is 0.319. The molecule has 96 valence electrons. The second kappa shape index (κ2) is 8.74. The van der Waals surface area contributed by atoms with Crippen LogP contribution in [0, 0.1) is 0 Å². The first-order valence-corrected chi connectivity index (χ1v) is 6.12. The molecule has 0 aromatic carbocycles. The molecule has 0 bridgehead atoms. The Hall–Kier alpha value is -0.380. The van der Waals surface area contributed by atoms with Gasteiger partial charge < -0.3 is 15.0 Å². The topological polar surface area (TPSA) is 24.5 Å². The second-order valence-electron chi connectivity index (χ2n) is 4.94. The summed E-state index contributed by atoms with van der Waals surface area (Å²) in [6, 6.07) is 0.520. The fourth-order valence-electron chi connectivity index (χ4n) is 1.31. The molecule has 0 aliphatic rings. The highest BCUT2D eigenvalue weighted by Gasteiger charge is 2.02. The van der Waals surface area contributed by atoms with E-state index in [2.05, 4.69) is 51.5 Å². The third-order valence-corrected chi connectivity index (χ3v) is 2.18. The van der Waals surface area contributed by atoms with E-state index in [1.807, 2.05) is 0 Å². The standard InChI is InChI=1S/C13H28N2O/c1-11(2)14-9-13(5)10-15(6)7-8-16-12(3)4/h11-12,14H,5,7-10H2,1-4,6H3. The fourth-order valence-corrected chi connectivity index (χ4v) is 1.31. The van der Waals surface area contributed by atoms with E-state index in [0.29, 0.717) is 12.1 Å². The summed E-state index contributed by atoms with van der Waals surface area (Å²) in [6.45, 7) is 16.1. The fraction of sp³-hybridized carbons (Fsp3) is 0.846. The molecule has 0 amide bonds. The maximum atomic E-state index is 5.51. The summed E-state index contributed by atoms with van der Waals surface area (Å²) >= 11 is 0. The van der Waals surface area contributed by atoms with Gasteiger partial charge in [-0.2, -0.15) is 0 Å². The van der Waals surface area contributed by atoms with Gasteiger partial charge in [-0.1, -0.05) is 20.4 Å². The molecule has 1 N–H and O–H groups in total. The Balaban J connectivity index is 3.54. The second-order valence-corrected chi connectivity index (χ2v) is 4.94. The molecule has 0 unspecified atom stereocenters. The van der Waals surface area contributed by atoms with Crippen LogP contribution in [0.2, 0.25) is 0 Å². The average molecular weight is 228 g/mol. The third-order valence-electron chi connectivity index (χ3n) is 2.18. The number of nitrogens with zero attached hydrogens (tertiary/aromatic N) is 1. The van der Waals surface area contributed by atoms with Gasteiger partial charge in [-0.25, -0.2) is 0 Å². The van der Waals surface area contributed by atoms with Crippen LogP contribution in [0.15, 0.2) is 12.2 Å². The van der Waals surface area contributed by atoms with Crippen molar-refractivity contribution in [3.8, 4) is 0 Å². The zero-order valence-electron chi connectivity index (χ0n) is 11.5. The Morgan fingerprint density at radius 3 is 2.44 bits per heavy atom. The maximum absolute atomic E-state index is 5.51. The third kappa shape index (κ3) is 10.1. The first-order chi connectivity index (χ1) is 7.41. The Kier molecular flexibility index (Phi) is 8.53. The summed E-state index contributed by atoms with van der Waals surface area (Å²) < 4.78 is 5.51. The smallest absolute Gasteiger partial charge is 0.0596 e. The van der Waals surface area contributed by atoms with Crippen molar-refractivity contribution in [3.63, 3.8) is 0 Å². The van der Waals surface area contributed by atoms with Gasteiger partial charge in [0.25, 0.3) is 0 Å². The van der Waals surface area contributed by atoms with Crippen LogP contribution in [0.3, 0.4) is 0 Å². The predicted molar refractivity (Wildman–Crippen MR) is 70.9 cm³/mol. The van der Waals surface area contributed by atoms with Gasteiger partial charge in [0.05, 0.1) is 12.7 Å². The molecule has 0 aliphatic heterocycles. The SMILES string of the molecule is C=C(CNC(C)C)CN(C)CCOC(C)C. The van der Waals surface area contributed by atoms with Crippen molar-refractivity contribution in [2.45, 2.75) is 39.8 Å². The van der Waals surface area contributed by atoms with Gasteiger partial charge in [0, 0.05) is 25.7 Å². The van der Waals surface area contributed by atoms with E-state index >= 15 is 0 Å². The lowest BCUT2D eigenvalue weighted by atomic mass is 10.2. The van der Waals surface area contributed by atoms with Crippen molar-refractivity contribution in [2.75, 3.05) is 33.3 Å². The average Bonchev–Trinajstić information content (AvgIpc) is 2.14. The summed E-state index contributed by atoms with van der Waals surface area (Å²) in [5.74, 6) is 0. The molecule has 0 saturated carbocycles. The molecule has 0 rings (SSSR count). The molecule has 0 saturated heterocycles. The molecule has 0 aromatic rings. The molecular weight excluding hydrogens is 200 g/mol.